The number of rotatable bonds is 4. The molecule has 2 aliphatic rings. The number of aryl methyl sites for hydroxylation is 1. The van der Waals surface area contributed by atoms with Gasteiger partial charge in [0.25, 0.3) is 0 Å². The van der Waals surface area contributed by atoms with Gasteiger partial charge in [-0.1, -0.05) is 12.1 Å². The van der Waals surface area contributed by atoms with Crippen molar-refractivity contribution >= 4 is 5.91 Å². The molecular weight excluding hydrogens is 317 g/mol. The van der Waals surface area contributed by atoms with E-state index in [2.05, 4.69) is 9.55 Å². The second-order valence-corrected chi connectivity index (χ2v) is 7.45. The van der Waals surface area contributed by atoms with Crippen molar-refractivity contribution in [3.05, 3.63) is 53.9 Å². The van der Waals surface area contributed by atoms with Gasteiger partial charge in [0.2, 0.25) is 5.91 Å². The summed E-state index contributed by atoms with van der Waals surface area (Å²) in [4.78, 5) is 19.3. The normalized spacial score (nSPS) is 25.8. The van der Waals surface area contributed by atoms with Crippen molar-refractivity contribution < 1.29 is 9.18 Å². The van der Waals surface area contributed by atoms with Crippen LogP contribution in [0, 0.1) is 17.7 Å². The minimum atomic E-state index is -0.222. The second kappa shape index (κ2) is 6.62. The van der Waals surface area contributed by atoms with Crippen LogP contribution in [0.4, 0.5) is 4.39 Å². The van der Waals surface area contributed by atoms with E-state index in [1.54, 1.807) is 0 Å². The summed E-state index contributed by atoms with van der Waals surface area (Å²) in [5, 5.41) is 0. The van der Waals surface area contributed by atoms with Crippen molar-refractivity contribution in [1.82, 2.24) is 14.5 Å². The number of halogens is 1. The Balaban J connectivity index is 1.36. The summed E-state index contributed by atoms with van der Waals surface area (Å²) in [5.74, 6) is 1.98. The second-order valence-electron chi connectivity index (χ2n) is 7.45. The van der Waals surface area contributed by atoms with Gasteiger partial charge in [-0.25, -0.2) is 9.37 Å². The van der Waals surface area contributed by atoms with E-state index in [9.17, 15) is 9.18 Å². The molecule has 132 valence electrons. The Bertz CT molecular complexity index is 755. The van der Waals surface area contributed by atoms with E-state index < -0.39 is 0 Å². The van der Waals surface area contributed by atoms with Crippen LogP contribution in [-0.4, -0.2) is 33.4 Å². The molecule has 0 radical (unpaired) electrons. The number of carbonyl (C=O) groups is 1. The molecule has 5 heteroatoms. The van der Waals surface area contributed by atoms with Crippen LogP contribution in [0.15, 0.2) is 36.7 Å². The number of nitrogens with zero attached hydrogens (tertiary/aromatic N) is 3. The summed E-state index contributed by atoms with van der Waals surface area (Å²) in [6.45, 7) is 1.70. The molecule has 1 aliphatic carbocycles. The van der Waals surface area contributed by atoms with Crippen molar-refractivity contribution in [2.24, 2.45) is 18.9 Å². The number of amides is 1. The molecule has 1 saturated carbocycles. The number of imidazole rings is 1. The first-order chi connectivity index (χ1) is 12.1. The van der Waals surface area contributed by atoms with Crippen LogP contribution in [0.2, 0.25) is 0 Å². The zero-order valence-corrected chi connectivity index (χ0v) is 14.6. The van der Waals surface area contributed by atoms with Crippen molar-refractivity contribution in [2.45, 2.75) is 31.6 Å². The van der Waals surface area contributed by atoms with Crippen molar-refractivity contribution in [1.29, 1.82) is 0 Å². The summed E-state index contributed by atoms with van der Waals surface area (Å²) < 4.78 is 15.1. The Morgan fingerprint density at radius 1 is 1.32 bits per heavy atom. The molecule has 25 heavy (non-hydrogen) atoms. The molecule has 4 nitrogen and oxygen atoms in total. The topological polar surface area (TPSA) is 38.1 Å². The third kappa shape index (κ3) is 3.46. The van der Waals surface area contributed by atoms with Gasteiger partial charge in [0.05, 0.1) is 0 Å². The van der Waals surface area contributed by atoms with E-state index in [0.717, 1.165) is 50.2 Å². The molecule has 1 aromatic carbocycles. The molecule has 1 amide bonds. The molecule has 4 rings (SSSR count). The lowest BCUT2D eigenvalue weighted by Crippen LogP contribution is -2.41. The number of piperidine rings is 1. The molecular formula is C20H24FN3O. The van der Waals surface area contributed by atoms with Gasteiger partial charge in [0, 0.05) is 44.9 Å². The Kier molecular flexibility index (Phi) is 4.32. The Hall–Kier alpha value is -2.17. The molecule has 1 aliphatic heterocycles. The molecule has 0 spiro atoms. The summed E-state index contributed by atoms with van der Waals surface area (Å²) >= 11 is 0. The van der Waals surface area contributed by atoms with Gasteiger partial charge in [-0.05, 0) is 48.8 Å². The summed E-state index contributed by atoms with van der Waals surface area (Å²) in [6, 6.07) is 6.60. The number of hydrogen-bond acceptors (Lipinski definition) is 2. The zero-order valence-electron chi connectivity index (χ0n) is 14.6. The van der Waals surface area contributed by atoms with E-state index in [0.29, 0.717) is 5.92 Å². The molecule has 1 saturated heterocycles. The van der Waals surface area contributed by atoms with E-state index in [1.807, 2.05) is 36.5 Å². The van der Waals surface area contributed by atoms with Gasteiger partial charge in [-0.2, -0.15) is 0 Å². The first kappa shape index (κ1) is 16.3. The van der Waals surface area contributed by atoms with E-state index in [1.165, 1.54) is 12.1 Å². The maximum Gasteiger partial charge on any atom is 0.226 e. The lowest BCUT2D eigenvalue weighted by atomic mass is 9.94. The van der Waals surface area contributed by atoms with Crippen LogP contribution < -0.4 is 0 Å². The number of aromatic nitrogens is 2. The minimum absolute atomic E-state index is 0.0809. The number of carbonyl (C=O) groups excluding carboxylic acids is 1. The SMILES string of the molecule is Cn1ccnc1CC1CCCN(C(=O)C2CC2c2ccc(F)cc2)C1. The maximum atomic E-state index is 13.1. The highest BCUT2D eigenvalue weighted by Gasteiger charge is 2.46. The maximum absolute atomic E-state index is 13.1. The Morgan fingerprint density at radius 3 is 2.84 bits per heavy atom. The average molecular weight is 341 g/mol. The Labute approximate surface area is 147 Å². The predicted molar refractivity (Wildman–Crippen MR) is 93.5 cm³/mol. The van der Waals surface area contributed by atoms with Crippen molar-refractivity contribution in [3.8, 4) is 0 Å². The lowest BCUT2D eigenvalue weighted by molar-refractivity contribution is -0.134. The van der Waals surface area contributed by atoms with Gasteiger partial charge in [0.1, 0.15) is 11.6 Å². The molecule has 3 unspecified atom stereocenters. The number of hydrogen-bond donors (Lipinski definition) is 0. The third-order valence-corrected chi connectivity index (χ3v) is 5.63. The van der Waals surface area contributed by atoms with Crippen LogP contribution in [0.25, 0.3) is 0 Å². The fourth-order valence-corrected chi connectivity index (χ4v) is 4.06. The summed E-state index contributed by atoms with van der Waals surface area (Å²) in [5.41, 5.74) is 1.08. The quantitative estimate of drug-likeness (QED) is 0.857. The highest BCUT2D eigenvalue weighted by atomic mass is 19.1. The van der Waals surface area contributed by atoms with E-state index in [4.69, 9.17) is 0 Å². The average Bonchev–Trinajstić information content (AvgIpc) is 3.32. The van der Waals surface area contributed by atoms with Crippen LogP contribution in [0.5, 0.6) is 0 Å². The summed E-state index contributed by atoms with van der Waals surface area (Å²) in [6.07, 6.45) is 7.85. The molecule has 3 atom stereocenters. The van der Waals surface area contributed by atoms with Crippen molar-refractivity contribution in [2.75, 3.05) is 13.1 Å². The van der Waals surface area contributed by atoms with Crippen LogP contribution >= 0.6 is 0 Å². The minimum Gasteiger partial charge on any atom is -0.342 e. The largest absolute Gasteiger partial charge is 0.342 e. The Morgan fingerprint density at radius 2 is 2.12 bits per heavy atom. The molecule has 2 fully saturated rings. The molecule has 1 aromatic heterocycles. The first-order valence-corrected chi connectivity index (χ1v) is 9.12. The standard InChI is InChI=1S/C20H24FN3O/c1-23-10-8-22-19(23)11-14-3-2-9-24(13-14)20(25)18-12-17(18)15-4-6-16(21)7-5-15/h4-8,10,14,17-18H,2-3,9,11-13H2,1H3. The predicted octanol–water partition coefficient (Wildman–Crippen LogP) is 3.14. The molecule has 0 bridgehead atoms. The smallest absolute Gasteiger partial charge is 0.226 e. The van der Waals surface area contributed by atoms with Gasteiger partial charge in [0.15, 0.2) is 0 Å². The molecule has 0 N–H and O–H groups in total. The zero-order chi connectivity index (χ0) is 17.4. The van der Waals surface area contributed by atoms with Crippen molar-refractivity contribution in [3.63, 3.8) is 0 Å². The first-order valence-electron chi connectivity index (χ1n) is 9.12. The highest BCUT2D eigenvalue weighted by molar-refractivity contribution is 5.83. The van der Waals surface area contributed by atoms with Gasteiger partial charge >= 0.3 is 0 Å². The van der Waals surface area contributed by atoms with E-state index in [-0.39, 0.29) is 23.6 Å². The van der Waals surface area contributed by atoms with Gasteiger partial charge in [-0.15, -0.1) is 0 Å². The number of benzene rings is 1. The fourth-order valence-electron chi connectivity index (χ4n) is 4.06. The fraction of sp³-hybridized carbons (Fsp3) is 0.500. The van der Waals surface area contributed by atoms with Crippen LogP contribution in [0.1, 0.15) is 36.6 Å². The van der Waals surface area contributed by atoms with Gasteiger partial charge < -0.3 is 9.47 Å². The monoisotopic (exact) mass is 341 g/mol. The van der Waals surface area contributed by atoms with Crippen LogP contribution in [-0.2, 0) is 18.3 Å². The molecule has 2 heterocycles. The number of likely N-dealkylation sites (tertiary alicyclic amines) is 1. The summed E-state index contributed by atoms with van der Waals surface area (Å²) in [7, 11) is 2.02. The molecule has 2 aromatic rings. The van der Waals surface area contributed by atoms with Crippen LogP contribution in [0.3, 0.4) is 0 Å². The third-order valence-electron chi connectivity index (χ3n) is 5.63. The van der Waals surface area contributed by atoms with Gasteiger partial charge in [-0.3, -0.25) is 4.79 Å². The lowest BCUT2D eigenvalue weighted by Gasteiger charge is -2.33. The van der Waals surface area contributed by atoms with E-state index >= 15 is 0 Å². The highest BCUT2D eigenvalue weighted by Crippen LogP contribution is 2.48.